The van der Waals surface area contributed by atoms with Crippen molar-refractivity contribution >= 4 is 11.6 Å². The minimum Gasteiger partial charge on any atom is -0.474 e. The van der Waals surface area contributed by atoms with Gasteiger partial charge in [0.2, 0.25) is 5.88 Å². The maximum absolute atomic E-state index is 6.02. The largest absolute Gasteiger partial charge is 0.474 e. The topological polar surface area (TPSA) is 38.2 Å². The Bertz CT molecular complexity index is 403. The van der Waals surface area contributed by atoms with Crippen LogP contribution in [0.15, 0.2) is 0 Å². The van der Waals surface area contributed by atoms with Crippen molar-refractivity contribution in [1.29, 1.82) is 0 Å². The zero-order valence-electron chi connectivity index (χ0n) is 10.5. The summed E-state index contributed by atoms with van der Waals surface area (Å²) < 4.78 is 5.93. The number of piperidine rings is 1. The molecule has 0 aromatic carbocycles. The fourth-order valence-electron chi connectivity index (χ4n) is 1.95. The molecule has 0 unspecified atom stereocenters. The zero-order valence-corrected chi connectivity index (χ0v) is 11.3. The summed E-state index contributed by atoms with van der Waals surface area (Å²) in [5.74, 6) is 1.29. The van der Waals surface area contributed by atoms with Crippen LogP contribution >= 0.6 is 11.6 Å². The first kappa shape index (κ1) is 12.6. The van der Waals surface area contributed by atoms with Gasteiger partial charge in [0.1, 0.15) is 17.1 Å². The molecule has 1 aliphatic rings. The maximum atomic E-state index is 6.02. The van der Waals surface area contributed by atoms with E-state index < -0.39 is 0 Å². The Morgan fingerprint density at radius 2 is 1.88 bits per heavy atom. The molecule has 0 atom stereocenters. The van der Waals surface area contributed by atoms with Crippen LogP contribution in [0.3, 0.4) is 0 Å². The lowest BCUT2D eigenvalue weighted by Crippen LogP contribution is -2.36. The standard InChI is InChI=1S/C12H18ClN3O/c1-8-11(13)14-9(2)15-12(8)17-10-4-6-16(3)7-5-10/h10H,4-7H2,1-3H3. The first-order valence-electron chi connectivity index (χ1n) is 5.92. The fourth-order valence-corrected chi connectivity index (χ4v) is 2.15. The first-order chi connectivity index (χ1) is 8.06. The Morgan fingerprint density at radius 3 is 2.53 bits per heavy atom. The van der Waals surface area contributed by atoms with E-state index in [1.54, 1.807) is 0 Å². The number of hydrogen-bond acceptors (Lipinski definition) is 4. The van der Waals surface area contributed by atoms with E-state index in [2.05, 4.69) is 21.9 Å². The third-order valence-electron chi connectivity index (χ3n) is 3.10. The number of halogens is 1. The predicted molar refractivity (Wildman–Crippen MR) is 67.7 cm³/mol. The molecule has 0 aliphatic carbocycles. The molecule has 1 aliphatic heterocycles. The van der Waals surface area contributed by atoms with Crippen molar-refractivity contribution in [2.45, 2.75) is 32.8 Å². The Morgan fingerprint density at radius 1 is 1.24 bits per heavy atom. The van der Waals surface area contributed by atoms with Crippen molar-refractivity contribution in [3.05, 3.63) is 16.5 Å². The van der Waals surface area contributed by atoms with Crippen LogP contribution in [0.2, 0.25) is 5.15 Å². The van der Waals surface area contributed by atoms with Gasteiger partial charge in [-0.3, -0.25) is 0 Å². The summed E-state index contributed by atoms with van der Waals surface area (Å²) >= 11 is 6.02. The molecule has 5 heteroatoms. The van der Waals surface area contributed by atoms with Crippen molar-refractivity contribution in [3.8, 4) is 5.88 Å². The monoisotopic (exact) mass is 255 g/mol. The number of likely N-dealkylation sites (tertiary alicyclic amines) is 1. The molecule has 4 nitrogen and oxygen atoms in total. The van der Waals surface area contributed by atoms with Gasteiger partial charge in [0.15, 0.2) is 0 Å². The van der Waals surface area contributed by atoms with Crippen LogP contribution in [0.1, 0.15) is 24.2 Å². The molecular weight excluding hydrogens is 238 g/mol. The van der Waals surface area contributed by atoms with E-state index in [4.69, 9.17) is 16.3 Å². The van der Waals surface area contributed by atoms with Crippen LogP contribution < -0.4 is 4.74 Å². The molecule has 1 aromatic heterocycles. The fraction of sp³-hybridized carbons (Fsp3) is 0.667. The van der Waals surface area contributed by atoms with Gasteiger partial charge in [-0.1, -0.05) is 11.6 Å². The van der Waals surface area contributed by atoms with E-state index in [9.17, 15) is 0 Å². The smallest absolute Gasteiger partial charge is 0.221 e. The summed E-state index contributed by atoms with van der Waals surface area (Å²) in [6.45, 7) is 5.86. The van der Waals surface area contributed by atoms with E-state index in [-0.39, 0.29) is 6.10 Å². The Kier molecular flexibility index (Phi) is 3.84. The second kappa shape index (κ2) is 5.19. The van der Waals surface area contributed by atoms with E-state index in [1.165, 1.54) is 0 Å². The Hall–Kier alpha value is -0.870. The quantitative estimate of drug-likeness (QED) is 0.760. The van der Waals surface area contributed by atoms with Gasteiger partial charge in [0, 0.05) is 18.7 Å². The van der Waals surface area contributed by atoms with Gasteiger partial charge >= 0.3 is 0 Å². The number of aromatic nitrogens is 2. The van der Waals surface area contributed by atoms with E-state index in [0.29, 0.717) is 16.9 Å². The molecule has 0 radical (unpaired) electrons. The Balaban J connectivity index is 2.08. The number of ether oxygens (including phenoxy) is 1. The third kappa shape index (κ3) is 3.07. The van der Waals surface area contributed by atoms with Gasteiger partial charge in [-0.15, -0.1) is 0 Å². The van der Waals surface area contributed by atoms with Crippen LogP contribution in [0.25, 0.3) is 0 Å². The molecular formula is C12H18ClN3O. The van der Waals surface area contributed by atoms with E-state index in [0.717, 1.165) is 31.5 Å². The summed E-state index contributed by atoms with van der Waals surface area (Å²) in [4.78, 5) is 10.7. The number of aryl methyl sites for hydroxylation is 1. The molecule has 2 rings (SSSR count). The molecule has 1 aromatic rings. The van der Waals surface area contributed by atoms with Crippen LogP contribution in [0, 0.1) is 13.8 Å². The van der Waals surface area contributed by atoms with Gasteiger partial charge < -0.3 is 9.64 Å². The molecule has 0 bridgehead atoms. The minimum atomic E-state index is 0.246. The normalized spacial score (nSPS) is 18.4. The lowest BCUT2D eigenvalue weighted by molar-refractivity contribution is 0.109. The molecule has 0 saturated carbocycles. The molecule has 94 valence electrons. The second-order valence-electron chi connectivity index (χ2n) is 4.61. The lowest BCUT2D eigenvalue weighted by Gasteiger charge is -2.29. The van der Waals surface area contributed by atoms with Gasteiger partial charge in [-0.05, 0) is 33.7 Å². The summed E-state index contributed by atoms with van der Waals surface area (Å²) in [5.41, 5.74) is 0.830. The summed E-state index contributed by atoms with van der Waals surface area (Å²) in [5, 5.41) is 0.487. The molecule has 2 heterocycles. The predicted octanol–water partition coefficient (Wildman–Crippen LogP) is 2.22. The van der Waals surface area contributed by atoms with E-state index >= 15 is 0 Å². The van der Waals surface area contributed by atoms with Gasteiger partial charge in [-0.25, -0.2) is 4.98 Å². The first-order valence-corrected chi connectivity index (χ1v) is 6.30. The van der Waals surface area contributed by atoms with E-state index in [1.807, 2.05) is 13.8 Å². The molecule has 17 heavy (non-hydrogen) atoms. The highest BCUT2D eigenvalue weighted by molar-refractivity contribution is 6.30. The average Bonchev–Trinajstić information content (AvgIpc) is 2.28. The van der Waals surface area contributed by atoms with Crippen molar-refractivity contribution < 1.29 is 4.74 Å². The molecule has 1 fully saturated rings. The number of rotatable bonds is 2. The minimum absolute atomic E-state index is 0.246. The Labute approximate surface area is 107 Å². The van der Waals surface area contributed by atoms with Crippen LogP contribution in [-0.2, 0) is 0 Å². The highest BCUT2D eigenvalue weighted by Gasteiger charge is 2.20. The van der Waals surface area contributed by atoms with Crippen LogP contribution in [0.4, 0.5) is 0 Å². The van der Waals surface area contributed by atoms with Crippen LogP contribution in [0.5, 0.6) is 5.88 Å². The van der Waals surface area contributed by atoms with Crippen molar-refractivity contribution in [3.63, 3.8) is 0 Å². The van der Waals surface area contributed by atoms with Crippen molar-refractivity contribution in [2.24, 2.45) is 0 Å². The average molecular weight is 256 g/mol. The number of hydrogen-bond donors (Lipinski definition) is 0. The van der Waals surface area contributed by atoms with Gasteiger partial charge in [-0.2, -0.15) is 4.98 Å². The molecule has 1 saturated heterocycles. The lowest BCUT2D eigenvalue weighted by atomic mass is 10.1. The molecule has 0 spiro atoms. The van der Waals surface area contributed by atoms with Crippen LogP contribution in [-0.4, -0.2) is 41.1 Å². The molecule has 0 amide bonds. The highest BCUT2D eigenvalue weighted by Crippen LogP contribution is 2.24. The van der Waals surface area contributed by atoms with Crippen molar-refractivity contribution in [2.75, 3.05) is 20.1 Å². The van der Waals surface area contributed by atoms with Gasteiger partial charge in [0.05, 0.1) is 0 Å². The third-order valence-corrected chi connectivity index (χ3v) is 3.47. The molecule has 0 N–H and O–H groups in total. The summed E-state index contributed by atoms with van der Waals surface area (Å²) in [6.07, 6.45) is 2.32. The SMILES string of the molecule is Cc1nc(Cl)c(C)c(OC2CCN(C)CC2)n1. The maximum Gasteiger partial charge on any atom is 0.221 e. The second-order valence-corrected chi connectivity index (χ2v) is 4.97. The number of nitrogens with zero attached hydrogens (tertiary/aromatic N) is 3. The zero-order chi connectivity index (χ0) is 12.4. The van der Waals surface area contributed by atoms with Gasteiger partial charge in [0.25, 0.3) is 0 Å². The summed E-state index contributed by atoms with van der Waals surface area (Å²) in [7, 11) is 2.13. The summed E-state index contributed by atoms with van der Waals surface area (Å²) in [6, 6.07) is 0. The van der Waals surface area contributed by atoms with Crippen molar-refractivity contribution in [1.82, 2.24) is 14.9 Å². The highest BCUT2D eigenvalue weighted by atomic mass is 35.5.